The molecule has 1 atom stereocenters. The molecular weight excluding hydrogens is 248 g/mol. The van der Waals surface area contributed by atoms with Crippen molar-refractivity contribution in [2.45, 2.75) is 19.5 Å². The Balaban J connectivity index is 2.17. The van der Waals surface area contributed by atoms with E-state index < -0.39 is 6.04 Å². The van der Waals surface area contributed by atoms with Crippen LogP contribution < -0.4 is 5.32 Å². The van der Waals surface area contributed by atoms with Crippen molar-refractivity contribution in [1.82, 2.24) is 9.78 Å². The van der Waals surface area contributed by atoms with Crippen LogP contribution in [0, 0.1) is 11.3 Å². The Morgan fingerprint density at radius 3 is 3.00 bits per heavy atom. The van der Waals surface area contributed by atoms with Crippen molar-refractivity contribution < 1.29 is 0 Å². The third-order valence-corrected chi connectivity index (χ3v) is 2.81. The minimum absolute atomic E-state index is 0.427. The summed E-state index contributed by atoms with van der Waals surface area (Å²) < 4.78 is 1.79. The highest BCUT2D eigenvalue weighted by molar-refractivity contribution is 6.30. The van der Waals surface area contributed by atoms with E-state index in [0.717, 1.165) is 17.8 Å². The summed E-state index contributed by atoms with van der Waals surface area (Å²) in [6.45, 7) is 2.79. The maximum absolute atomic E-state index is 9.21. The van der Waals surface area contributed by atoms with Gasteiger partial charge in [0, 0.05) is 29.0 Å². The second kappa shape index (κ2) is 5.56. The summed E-state index contributed by atoms with van der Waals surface area (Å²) in [6, 6.07) is 9.09. The Bertz CT molecular complexity index is 570. The van der Waals surface area contributed by atoms with Gasteiger partial charge in [-0.05, 0) is 25.1 Å². The number of nitrogens with one attached hydrogen (secondary N) is 1. The Morgan fingerprint density at radius 1 is 1.56 bits per heavy atom. The van der Waals surface area contributed by atoms with Gasteiger partial charge < -0.3 is 5.32 Å². The number of rotatable bonds is 4. The number of nitrogens with zero attached hydrogens (tertiary/aromatic N) is 3. The fourth-order valence-corrected chi connectivity index (χ4v) is 1.83. The smallest absolute Gasteiger partial charge is 0.143 e. The van der Waals surface area contributed by atoms with Gasteiger partial charge in [0.05, 0.1) is 12.3 Å². The largest absolute Gasteiger partial charge is 0.366 e. The molecule has 0 fully saturated rings. The minimum Gasteiger partial charge on any atom is -0.366 e. The fraction of sp³-hybridized carbons (Fsp3) is 0.231. The van der Waals surface area contributed by atoms with Crippen LogP contribution in [0.3, 0.4) is 0 Å². The van der Waals surface area contributed by atoms with Crippen molar-refractivity contribution in [1.29, 1.82) is 5.26 Å². The van der Waals surface area contributed by atoms with Gasteiger partial charge in [-0.25, -0.2) is 0 Å². The van der Waals surface area contributed by atoms with Gasteiger partial charge in [0.2, 0.25) is 0 Å². The molecule has 1 N–H and O–H groups in total. The zero-order valence-electron chi connectivity index (χ0n) is 9.97. The summed E-state index contributed by atoms with van der Waals surface area (Å²) >= 11 is 5.90. The average Bonchev–Trinajstić information content (AvgIpc) is 2.84. The molecule has 2 rings (SSSR count). The summed E-state index contributed by atoms with van der Waals surface area (Å²) in [6.07, 6.45) is 3.57. The third-order valence-electron chi connectivity index (χ3n) is 2.58. The van der Waals surface area contributed by atoms with Crippen LogP contribution in [0.1, 0.15) is 18.5 Å². The van der Waals surface area contributed by atoms with Crippen molar-refractivity contribution in [2.75, 3.05) is 5.32 Å². The molecule has 0 radical (unpaired) electrons. The maximum Gasteiger partial charge on any atom is 0.143 e. The van der Waals surface area contributed by atoms with Crippen LogP contribution in [0.25, 0.3) is 0 Å². The molecule has 5 heteroatoms. The summed E-state index contributed by atoms with van der Waals surface area (Å²) in [5.74, 6) is 0. The number of hydrogen-bond donors (Lipinski definition) is 1. The fourth-order valence-electron chi connectivity index (χ4n) is 1.64. The number of benzene rings is 1. The van der Waals surface area contributed by atoms with E-state index in [1.54, 1.807) is 23.0 Å². The predicted molar refractivity (Wildman–Crippen MR) is 71.3 cm³/mol. The highest BCUT2D eigenvalue weighted by Gasteiger charge is 2.12. The molecule has 1 unspecified atom stereocenters. The van der Waals surface area contributed by atoms with Gasteiger partial charge in [0.25, 0.3) is 0 Å². The first kappa shape index (κ1) is 12.5. The van der Waals surface area contributed by atoms with Crippen molar-refractivity contribution in [3.8, 4) is 6.07 Å². The topological polar surface area (TPSA) is 53.6 Å². The maximum atomic E-state index is 9.21. The van der Waals surface area contributed by atoms with E-state index in [-0.39, 0.29) is 0 Å². The van der Waals surface area contributed by atoms with E-state index in [0.29, 0.717) is 5.02 Å². The molecule has 1 aromatic heterocycles. The molecule has 0 bridgehead atoms. The monoisotopic (exact) mass is 260 g/mol. The first-order valence-electron chi connectivity index (χ1n) is 5.67. The number of aromatic nitrogens is 2. The Labute approximate surface area is 111 Å². The van der Waals surface area contributed by atoms with Gasteiger partial charge in [0.15, 0.2) is 0 Å². The van der Waals surface area contributed by atoms with Gasteiger partial charge in [0.1, 0.15) is 6.04 Å². The summed E-state index contributed by atoms with van der Waals surface area (Å²) in [4.78, 5) is 0. The number of anilines is 1. The Kier molecular flexibility index (Phi) is 3.85. The molecule has 2 aromatic rings. The first-order valence-corrected chi connectivity index (χ1v) is 6.05. The summed E-state index contributed by atoms with van der Waals surface area (Å²) in [5, 5.41) is 17.1. The number of halogens is 1. The molecule has 4 nitrogen and oxygen atoms in total. The van der Waals surface area contributed by atoms with Crippen LogP contribution in [0.4, 0.5) is 5.69 Å². The molecule has 1 aromatic carbocycles. The van der Waals surface area contributed by atoms with E-state index in [1.807, 2.05) is 25.3 Å². The highest BCUT2D eigenvalue weighted by Crippen LogP contribution is 2.21. The van der Waals surface area contributed by atoms with Gasteiger partial charge in [-0.1, -0.05) is 17.7 Å². The van der Waals surface area contributed by atoms with Gasteiger partial charge in [-0.3, -0.25) is 4.68 Å². The van der Waals surface area contributed by atoms with E-state index in [2.05, 4.69) is 16.5 Å². The van der Waals surface area contributed by atoms with Gasteiger partial charge in [-0.2, -0.15) is 10.4 Å². The number of nitriles is 1. The third kappa shape index (κ3) is 2.82. The van der Waals surface area contributed by atoms with Crippen LogP contribution in [0.15, 0.2) is 36.7 Å². The predicted octanol–water partition coefficient (Wildman–Crippen LogP) is 3.23. The molecule has 0 aliphatic rings. The lowest BCUT2D eigenvalue weighted by atomic mass is 10.1. The van der Waals surface area contributed by atoms with Crippen molar-refractivity contribution in [3.63, 3.8) is 0 Å². The molecule has 18 heavy (non-hydrogen) atoms. The first-order chi connectivity index (χ1) is 8.72. The van der Waals surface area contributed by atoms with Gasteiger partial charge >= 0.3 is 0 Å². The lowest BCUT2D eigenvalue weighted by molar-refractivity contribution is 0.659. The highest BCUT2D eigenvalue weighted by atomic mass is 35.5. The van der Waals surface area contributed by atoms with Crippen LogP contribution in [0.2, 0.25) is 5.02 Å². The lowest BCUT2D eigenvalue weighted by Crippen LogP contribution is -2.07. The van der Waals surface area contributed by atoms with Crippen LogP contribution in [-0.4, -0.2) is 9.78 Å². The molecule has 0 aliphatic heterocycles. The molecule has 92 valence electrons. The zero-order chi connectivity index (χ0) is 13.0. The van der Waals surface area contributed by atoms with E-state index in [1.165, 1.54) is 0 Å². The lowest BCUT2D eigenvalue weighted by Gasteiger charge is -2.11. The molecular formula is C13H13ClN4. The van der Waals surface area contributed by atoms with E-state index >= 15 is 0 Å². The van der Waals surface area contributed by atoms with Crippen molar-refractivity contribution in [3.05, 3.63) is 47.2 Å². The Hall–Kier alpha value is -1.99. The second-order valence-corrected chi connectivity index (χ2v) is 4.28. The number of hydrogen-bond acceptors (Lipinski definition) is 3. The summed E-state index contributed by atoms with van der Waals surface area (Å²) in [7, 11) is 0. The molecule has 0 amide bonds. The minimum atomic E-state index is -0.427. The average molecular weight is 261 g/mol. The standard InChI is InChI=1S/C13H13ClN4/c1-2-18-9-10(8-16-18)13(7-15)17-12-5-3-4-11(14)6-12/h3-6,8-9,13,17H,2H2,1H3. The van der Waals surface area contributed by atoms with E-state index in [9.17, 15) is 5.26 Å². The van der Waals surface area contributed by atoms with Crippen molar-refractivity contribution in [2.24, 2.45) is 0 Å². The quantitative estimate of drug-likeness (QED) is 0.918. The van der Waals surface area contributed by atoms with Crippen molar-refractivity contribution >= 4 is 17.3 Å². The van der Waals surface area contributed by atoms with E-state index in [4.69, 9.17) is 11.6 Å². The second-order valence-electron chi connectivity index (χ2n) is 3.85. The molecule has 0 spiro atoms. The zero-order valence-corrected chi connectivity index (χ0v) is 10.7. The molecule has 1 heterocycles. The Morgan fingerprint density at radius 2 is 2.39 bits per heavy atom. The normalized spacial score (nSPS) is 11.8. The molecule has 0 aliphatic carbocycles. The van der Waals surface area contributed by atoms with Crippen LogP contribution in [-0.2, 0) is 6.54 Å². The molecule has 0 saturated heterocycles. The van der Waals surface area contributed by atoms with Crippen LogP contribution >= 0.6 is 11.6 Å². The SMILES string of the molecule is CCn1cc(C(C#N)Nc2cccc(Cl)c2)cn1. The van der Waals surface area contributed by atoms with Crippen LogP contribution in [0.5, 0.6) is 0 Å². The molecule has 0 saturated carbocycles. The summed E-state index contributed by atoms with van der Waals surface area (Å²) in [5.41, 5.74) is 1.66. The number of aryl methyl sites for hydroxylation is 1. The van der Waals surface area contributed by atoms with Gasteiger partial charge in [-0.15, -0.1) is 0 Å².